The first-order chi connectivity index (χ1) is 18.6. The summed E-state index contributed by atoms with van der Waals surface area (Å²) < 4.78 is 17.7. The van der Waals surface area contributed by atoms with E-state index in [1.807, 2.05) is 48.5 Å². The highest BCUT2D eigenvalue weighted by Crippen LogP contribution is 2.29. The molecule has 8 nitrogen and oxygen atoms in total. The number of hydrogen-bond acceptors (Lipinski definition) is 8. The van der Waals surface area contributed by atoms with E-state index in [2.05, 4.69) is 39.0 Å². The lowest BCUT2D eigenvalue weighted by Gasteiger charge is -2.26. The molecule has 1 saturated heterocycles. The second-order valence-electron chi connectivity index (χ2n) is 8.81. The number of nitrogens with zero attached hydrogens (tertiary/aromatic N) is 2. The van der Waals surface area contributed by atoms with Crippen LogP contribution in [0.5, 0.6) is 11.5 Å². The van der Waals surface area contributed by atoms with Gasteiger partial charge in [0.2, 0.25) is 0 Å². The van der Waals surface area contributed by atoms with Crippen LogP contribution in [-0.2, 0) is 11.3 Å². The standard InChI is InChI=1S/C28H31N5O3S2/c1-34-23-8-6-22(7-9-23)31-27(37)30-21-4-2-20(3-5-21)19-29-28-32-25-11-10-24(18-26(25)38-28)36-17-14-33-12-15-35-16-13-33/h2-11,18H,12-17,19H2,1H3,(H,29,32)(H2,30,31,37). The average molecular weight is 550 g/mol. The summed E-state index contributed by atoms with van der Waals surface area (Å²) >= 11 is 7.06. The Labute approximate surface area is 231 Å². The third-order valence-electron chi connectivity index (χ3n) is 6.14. The predicted molar refractivity (Wildman–Crippen MR) is 159 cm³/mol. The van der Waals surface area contributed by atoms with Crippen LogP contribution in [0.25, 0.3) is 10.2 Å². The van der Waals surface area contributed by atoms with Gasteiger partial charge in [-0.1, -0.05) is 23.5 Å². The van der Waals surface area contributed by atoms with Crippen LogP contribution >= 0.6 is 23.6 Å². The number of nitrogens with one attached hydrogen (secondary N) is 3. The number of hydrogen-bond donors (Lipinski definition) is 3. The quantitative estimate of drug-likeness (QED) is 0.224. The van der Waals surface area contributed by atoms with E-state index in [0.717, 1.165) is 76.6 Å². The Balaban J connectivity index is 1.09. The van der Waals surface area contributed by atoms with Gasteiger partial charge in [0.05, 0.1) is 30.5 Å². The van der Waals surface area contributed by atoms with Crippen LogP contribution in [0.1, 0.15) is 5.56 Å². The van der Waals surface area contributed by atoms with Crippen molar-refractivity contribution < 1.29 is 14.2 Å². The van der Waals surface area contributed by atoms with Crippen molar-refractivity contribution >= 4 is 55.4 Å². The molecule has 0 spiro atoms. The molecule has 38 heavy (non-hydrogen) atoms. The molecule has 3 N–H and O–H groups in total. The molecule has 1 fully saturated rings. The van der Waals surface area contributed by atoms with E-state index in [4.69, 9.17) is 31.4 Å². The smallest absolute Gasteiger partial charge is 0.184 e. The average Bonchev–Trinajstić information content (AvgIpc) is 3.36. The number of anilines is 3. The lowest BCUT2D eigenvalue weighted by Crippen LogP contribution is -2.38. The number of thiazole rings is 1. The molecule has 0 bridgehead atoms. The van der Waals surface area contributed by atoms with Gasteiger partial charge in [0, 0.05) is 37.6 Å². The van der Waals surface area contributed by atoms with Gasteiger partial charge >= 0.3 is 0 Å². The molecule has 1 aliphatic heterocycles. The molecule has 0 radical (unpaired) electrons. The summed E-state index contributed by atoms with van der Waals surface area (Å²) in [5.74, 6) is 1.68. The highest BCUT2D eigenvalue weighted by molar-refractivity contribution is 7.80. The molecular formula is C28H31N5O3S2. The molecule has 3 aromatic carbocycles. The molecule has 0 unspecified atom stereocenters. The number of methoxy groups -OCH3 is 1. The fourth-order valence-corrected chi connectivity index (χ4v) is 5.16. The number of benzene rings is 3. The lowest BCUT2D eigenvalue weighted by molar-refractivity contribution is 0.0322. The summed E-state index contributed by atoms with van der Waals surface area (Å²) in [4.78, 5) is 7.08. The Kier molecular flexibility index (Phi) is 8.87. The zero-order valence-corrected chi connectivity index (χ0v) is 22.9. The van der Waals surface area contributed by atoms with E-state index in [1.165, 1.54) is 0 Å². The molecule has 1 aromatic heterocycles. The maximum Gasteiger partial charge on any atom is 0.184 e. The molecule has 0 aliphatic carbocycles. The van der Waals surface area contributed by atoms with Gasteiger partial charge in [0.25, 0.3) is 0 Å². The van der Waals surface area contributed by atoms with Crippen LogP contribution in [0.3, 0.4) is 0 Å². The third kappa shape index (κ3) is 7.32. The Hall–Kier alpha value is -3.44. The normalized spacial score (nSPS) is 13.7. The highest BCUT2D eigenvalue weighted by atomic mass is 32.1. The maximum absolute atomic E-state index is 5.99. The first-order valence-electron chi connectivity index (χ1n) is 12.5. The first-order valence-corrected chi connectivity index (χ1v) is 13.8. The topological polar surface area (TPSA) is 79.9 Å². The number of aromatic nitrogens is 1. The molecule has 198 valence electrons. The minimum atomic E-state index is 0.528. The zero-order chi connectivity index (χ0) is 26.2. The molecular weight excluding hydrogens is 518 g/mol. The second kappa shape index (κ2) is 12.9. The summed E-state index contributed by atoms with van der Waals surface area (Å²) in [6, 6.07) is 21.9. The number of morpholine rings is 1. The fourth-order valence-electron chi connectivity index (χ4n) is 4.04. The van der Waals surface area contributed by atoms with Crippen LogP contribution in [0.4, 0.5) is 16.5 Å². The van der Waals surface area contributed by atoms with E-state index in [1.54, 1.807) is 18.4 Å². The van der Waals surface area contributed by atoms with Crippen LogP contribution in [-0.4, -0.2) is 61.6 Å². The van der Waals surface area contributed by atoms with Crippen molar-refractivity contribution in [2.75, 3.05) is 62.5 Å². The molecule has 0 saturated carbocycles. The van der Waals surface area contributed by atoms with Gasteiger partial charge in [0.15, 0.2) is 10.2 Å². The highest BCUT2D eigenvalue weighted by Gasteiger charge is 2.10. The Morgan fingerprint density at radius 1 is 0.974 bits per heavy atom. The zero-order valence-electron chi connectivity index (χ0n) is 21.2. The molecule has 0 atom stereocenters. The van der Waals surface area contributed by atoms with Gasteiger partial charge in [-0.15, -0.1) is 0 Å². The van der Waals surface area contributed by atoms with Gasteiger partial charge < -0.3 is 30.2 Å². The fraction of sp³-hybridized carbons (Fsp3) is 0.286. The minimum Gasteiger partial charge on any atom is -0.497 e. The summed E-state index contributed by atoms with van der Waals surface area (Å²) in [5.41, 5.74) is 3.93. The largest absolute Gasteiger partial charge is 0.497 e. The van der Waals surface area contributed by atoms with E-state index >= 15 is 0 Å². The van der Waals surface area contributed by atoms with E-state index < -0.39 is 0 Å². The molecule has 5 rings (SSSR count). The number of fused-ring (bicyclic) bond motifs is 1. The third-order valence-corrected chi connectivity index (χ3v) is 7.32. The van der Waals surface area contributed by atoms with Gasteiger partial charge in [0.1, 0.15) is 18.1 Å². The Morgan fingerprint density at radius 3 is 2.37 bits per heavy atom. The van der Waals surface area contributed by atoms with Gasteiger partial charge in [-0.2, -0.15) is 0 Å². The molecule has 2 heterocycles. The minimum absolute atomic E-state index is 0.528. The second-order valence-corrected chi connectivity index (χ2v) is 10.2. The van der Waals surface area contributed by atoms with Crippen LogP contribution in [0.15, 0.2) is 66.7 Å². The predicted octanol–water partition coefficient (Wildman–Crippen LogP) is 5.44. The van der Waals surface area contributed by atoms with Gasteiger partial charge in [-0.25, -0.2) is 4.98 Å². The van der Waals surface area contributed by atoms with Crippen molar-refractivity contribution in [3.8, 4) is 11.5 Å². The van der Waals surface area contributed by atoms with Crippen molar-refractivity contribution in [1.82, 2.24) is 9.88 Å². The lowest BCUT2D eigenvalue weighted by atomic mass is 10.2. The molecule has 10 heteroatoms. The summed E-state index contributed by atoms with van der Waals surface area (Å²) in [7, 11) is 1.65. The van der Waals surface area contributed by atoms with Crippen LogP contribution in [0.2, 0.25) is 0 Å². The SMILES string of the molecule is COc1ccc(NC(=S)Nc2ccc(CNc3nc4ccc(OCCN5CCOCC5)cc4s3)cc2)cc1. The van der Waals surface area contributed by atoms with E-state index in [9.17, 15) is 0 Å². The van der Waals surface area contributed by atoms with Gasteiger partial charge in [-0.3, -0.25) is 4.90 Å². The first kappa shape index (κ1) is 26.2. The molecule has 0 amide bonds. The van der Waals surface area contributed by atoms with Crippen LogP contribution in [0, 0.1) is 0 Å². The summed E-state index contributed by atoms with van der Waals surface area (Å²) in [5, 5.41) is 11.2. The monoisotopic (exact) mass is 549 g/mol. The van der Waals surface area contributed by atoms with Crippen molar-refractivity contribution in [2.45, 2.75) is 6.54 Å². The molecule has 4 aromatic rings. The molecule has 1 aliphatic rings. The number of ether oxygens (including phenoxy) is 3. The van der Waals surface area contributed by atoms with Crippen molar-refractivity contribution in [2.24, 2.45) is 0 Å². The summed E-state index contributed by atoms with van der Waals surface area (Å²) in [6.07, 6.45) is 0. The number of thiocarbonyl (C=S) groups is 1. The van der Waals surface area contributed by atoms with Crippen molar-refractivity contribution in [1.29, 1.82) is 0 Å². The van der Waals surface area contributed by atoms with Crippen molar-refractivity contribution in [3.05, 3.63) is 72.3 Å². The van der Waals surface area contributed by atoms with E-state index in [-0.39, 0.29) is 0 Å². The van der Waals surface area contributed by atoms with Gasteiger partial charge in [-0.05, 0) is 72.4 Å². The van der Waals surface area contributed by atoms with Crippen LogP contribution < -0.4 is 25.4 Å². The van der Waals surface area contributed by atoms with Crippen molar-refractivity contribution in [3.63, 3.8) is 0 Å². The maximum atomic E-state index is 5.99. The Morgan fingerprint density at radius 2 is 1.66 bits per heavy atom. The number of rotatable bonds is 10. The summed E-state index contributed by atoms with van der Waals surface area (Å²) in [6.45, 7) is 5.82. The Bertz CT molecular complexity index is 1340. The van der Waals surface area contributed by atoms with E-state index in [0.29, 0.717) is 18.3 Å².